The topological polar surface area (TPSA) is 51.2 Å². The Morgan fingerprint density at radius 3 is 2.78 bits per heavy atom. The zero-order valence-electron chi connectivity index (χ0n) is 12.1. The molecule has 2 aromatic carbocycles. The fraction of sp³-hybridized carbons (Fsp3) is 0.125. The number of aromatic nitrogens is 1. The molecule has 23 heavy (non-hydrogen) atoms. The lowest BCUT2D eigenvalue weighted by Gasteiger charge is -2.10. The zero-order valence-corrected chi connectivity index (χ0v) is 14.4. The lowest BCUT2D eigenvalue weighted by atomic mass is 10.3. The van der Waals surface area contributed by atoms with Gasteiger partial charge in [0.15, 0.2) is 0 Å². The van der Waals surface area contributed by atoms with E-state index in [-0.39, 0.29) is 5.91 Å². The Morgan fingerprint density at radius 1 is 1.26 bits per heavy atom. The highest BCUT2D eigenvalue weighted by Crippen LogP contribution is 2.35. The summed E-state index contributed by atoms with van der Waals surface area (Å²) in [5, 5.41) is 4.20. The molecule has 7 heteroatoms. The maximum absolute atomic E-state index is 11.1. The summed E-state index contributed by atoms with van der Waals surface area (Å²) in [5.74, 6) is 0.233. The maximum atomic E-state index is 11.1. The minimum Gasteiger partial charge on any atom is -0.485 e. The molecule has 1 amide bonds. The first-order chi connectivity index (χ1) is 11.0. The average Bonchev–Trinajstić information content (AvgIpc) is 2.91. The second-order valence-corrected chi connectivity index (χ2v) is 6.74. The molecule has 3 rings (SSSR count). The van der Waals surface area contributed by atoms with Gasteiger partial charge in [-0.05, 0) is 18.2 Å². The number of benzene rings is 2. The van der Waals surface area contributed by atoms with E-state index in [2.05, 4.69) is 10.3 Å². The number of hydrogen-bond donors (Lipinski definition) is 1. The smallest absolute Gasteiger partial charge is 0.221 e. The summed E-state index contributed by atoms with van der Waals surface area (Å²) in [6, 6.07) is 11.1. The molecule has 4 nitrogen and oxygen atoms in total. The largest absolute Gasteiger partial charge is 0.485 e. The first kappa shape index (κ1) is 16.1. The Morgan fingerprint density at radius 2 is 2.04 bits per heavy atom. The average molecular weight is 367 g/mol. The van der Waals surface area contributed by atoms with Crippen molar-refractivity contribution in [2.24, 2.45) is 0 Å². The third kappa shape index (κ3) is 3.75. The summed E-state index contributed by atoms with van der Waals surface area (Å²) in [4.78, 5) is 15.6. The van der Waals surface area contributed by atoms with Crippen LogP contribution in [0.2, 0.25) is 10.0 Å². The maximum Gasteiger partial charge on any atom is 0.221 e. The number of carbonyl (C=O) groups excluding carboxylic acids is 1. The summed E-state index contributed by atoms with van der Waals surface area (Å²) in [7, 11) is 0. The quantitative estimate of drug-likeness (QED) is 0.695. The van der Waals surface area contributed by atoms with E-state index in [1.165, 1.54) is 6.92 Å². The van der Waals surface area contributed by atoms with Gasteiger partial charge in [0, 0.05) is 13.0 Å². The number of ether oxygens (including phenoxy) is 1. The van der Waals surface area contributed by atoms with E-state index in [1.807, 2.05) is 24.3 Å². The molecule has 0 spiro atoms. The van der Waals surface area contributed by atoms with Gasteiger partial charge in [-0.15, -0.1) is 11.3 Å². The van der Waals surface area contributed by atoms with Crippen LogP contribution in [0, 0.1) is 0 Å². The summed E-state index contributed by atoms with van der Waals surface area (Å²) < 4.78 is 6.82. The number of carbonyl (C=O) groups is 1. The molecule has 0 aliphatic rings. The van der Waals surface area contributed by atoms with E-state index in [0.29, 0.717) is 28.1 Å². The molecule has 0 fully saturated rings. The van der Waals surface area contributed by atoms with Crippen molar-refractivity contribution >= 4 is 56.3 Å². The van der Waals surface area contributed by atoms with E-state index in [0.717, 1.165) is 15.2 Å². The van der Waals surface area contributed by atoms with Crippen LogP contribution in [-0.4, -0.2) is 10.9 Å². The normalized spacial score (nSPS) is 10.7. The predicted octanol–water partition coefficient (Wildman–Crippen LogP) is 5.14. The van der Waals surface area contributed by atoms with Gasteiger partial charge in [0.25, 0.3) is 0 Å². The number of para-hydroxylation sites is 1. The number of amides is 1. The minimum atomic E-state index is -0.217. The molecular formula is C16H12Cl2N2O2S. The molecule has 0 bridgehead atoms. The molecule has 1 heterocycles. The Balaban J connectivity index is 1.77. The molecule has 0 unspecified atom stereocenters. The second kappa shape index (κ2) is 6.74. The van der Waals surface area contributed by atoms with Gasteiger partial charge in [-0.3, -0.25) is 4.79 Å². The molecule has 1 N–H and O–H groups in total. The monoisotopic (exact) mass is 366 g/mol. The van der Waals surface area contributed by atoms with Gasteiger partial charge < -0.3 is 10.1 Å². The van der Waals surface area contributed by atoms with Crippen LogP contribution in [0.4, 0.5) is 5.69 Å². The number of hydrogen-bond acceptors (Lipinski definition) is 4. The van der Waals surface area contributed by atoms with Crippen LogP contribution < -0.4 is 10.1 Å². The van der Waals surface area contributed by atoms with Gasteiger partial charge in [0.1, 0.15) is 17.4 Å². The predicted molar refractivity (Wildman–Crippen MR) is 94.7 cm³/mol. The van der Waals surface area contributed by atoms with Gasteiger partial charge in [0.05, 0.1) is 25.9 Å². The van der Waals surface area contributed by atoms with Crippen molar-refractivity contribution in [3.8, 4) is 5.75 Å². The standard InChI is InChI=1S/C16H12Cl2N2O2S/c1-9(21)19-13-6-11(18)14(7-10(13)17)22-8-16-20-12-4-2-3-5-15(12)23-16/h2-7H,8H2,1H3,(H,19,21). The Kier molecular flexibility index (Phi) is 4.71. The van der Waals surface area contributed by atoms with Gasteiger partial charge in [-0.1, -0.05) is 35.3 Å². The lowest BCUT2D eigenvalue weighted by Crippen LogP contribution is -2.06. The highest BCUT2D eigenvalue weighted by molar-refractivity contribution is 7.18. The number of nitrogens with zero attached hydrogens (tertiary/aromatic N) is 1. The van der Waals surface area contributed by atoms with Gasteiger partial charge in [0.2, 0.25) is 5.91 Å². The van der Waals surface area contributed by atoms with Crippen molar-refractivity contribution in [3.63, 3.8) is 0 Å². The third-order valence-electron chi connectivity index (χ3n) is 3.02. The summed E-state index contributed by atoms with van der Waals surface area (Å²) in [6.45, 7) is 1.71. The van der Waals surface area contributed by atoms with Crippen molar-refractivity contribution in [3.05, 3.63) is 51.5 Å². The minimum absolute atomic E-state index is 0.217. The molecule has 0 atom stereocenters. The van der Waals surface area contributed by atoms with Crippen LogP contribution in [0.1, 0.15) is 11.9 Å². The highest BCUT2D eigenvalue weighted by atomic mass is 35.5. The fourth-order valence-corrected chi connectivity index (χ4v) is 3.35. The summed E-state index contributed by atoms with van der Waals surface area (Å²) in [6.07, 6.45) is 0. The van der Waals surface area contributed by atoms with Crippen LogP contribution in [0.5, 0.6) is 5.75 Å². The molecular weight excluding hydrogens is 355 g/mol. The van der Waals surface area contributed by atoms with Crippen molar-refractivity contribution in [1.82, 2.24) is 4.98 Å². The fourth-order valence-electron chi connectivity index (χ4n) is 2.05. The van der Waals surface area contributed by atoms with E-state index >= 15 is 0 Å². The number of nitrogens with one attached hydrogen (secondary N) is 1. The van der Waals surface area contributed by atoms with E-state index in [4.69, 9.17) is 27.9 Å². The van der Waals surface area contributed by atoms with Gasteiger partial charge in [-0.2, -0.15) is 0 Å². The van der Waals surface area contributed by atoms with Crippen molar-refractivity contribution in [2.45, 2.75) is 13.5 Å². The van der Waals surface area contributed by atoms with Crippen LogP contribution in [0.15, 0.2) is 36.4 Å². The Bertz CT molecular complexity index is 847. The highest BCUT2D eigenvalue weighted by Gasteiger charge is 2.11. The Labute approximate surface area is 147 Å². The zero-order chi connectivity index (χ0) is 16.4. The SMILES string of the molecule is CC(=O)Nc1cc(Cl)c(OCc2nc3ccccc3s2)cc1Cl. The van der Waals surface area contributed by atoms with Crippen molar-refractivity contribution in [2.75, 3.05) is 5.32 Å². The molecule has 0 aliphatic heterocycles. The van der Waals surface area contributed by atoms with Crippen LogP contribution >= 0.6 is 34.5 Å². The molecule has 118 valence electrons. The number of fused-ring (bicyclic) bond motifs is 1. The second-order valence-electron chi connectivity index (χ2n) is 4.81. The molecule has 0 aliphatic carbocycles. The third-order valence-corrected chi connectivity index (χ3v) is 4.64. The van der Waals surface area contributed by atoms with E-state index in [9.17, 15) is 4.79 Å². The van der Waals surface area contributed by atoms with E-state index < -0.39 is 0 Å². The summed E-state index contributed by atoms with van der Waals surface area (Å²) in [5.41, 5.74) is 1.40. The van der Waals surface area contributed by atoms with Crippen LogP contribution in [-0.2, 0) is 11.4 Å². The molecule has 1 aromatic heterocycles. The number of anilines is 1. The molecule has 3 aromatic rings. The summed E-state index contributed by atoms with van der Waals surface area (Å²) >= 11 is 13.9. The number of halogens is 2. The number of thiazole rings is 1. The first-order valence-electron chi connectivity index (χ1n) is 6.77. The number of rotatable bonds is 4. The van der Waals surface area contributed by atoms with Gasteiger partial charge in [-0.25, -0.2) is 4.98 Å². The van der Waals surface area contributed by atoms with Crippen molar-refractivity contribution < 1.29 is 9.53 Å². The van der Waals surface area contributed by atoms with Crippen LogP contribution in [0.3, 0.4) is 0 Å². The van der Waals surface area contributed by atoms with Crippen molar-refractivity contribution in [1.29, 1.82) is 0 Å². The molecule has 0 radical (unpaired) electrons. The molecule has 0 saturated heterocycles. The molecule has 0 saturated carbocycles. The van der Waals surface area contributed by atoms with Gasteiger partial charge >= 0.3 is 0 Å². The Hall–Kier alpha value is -1.82. The van der Waals surface area contributed by atoms with E-state index in [1.54, 1.807) is 23.5 Å². The first-order valence-corrected chi connectivity index (χ1v) is 8.34. The lowest BCUT2D eigenvalue weighted by molar-refractivity contribution is -0.114. The van der Waals surface area contributed by atoms with Crippen LogP contribution in [0.25, 0.3) is 10.2 Å².